The van der Waals surface area contributed by atoms with Gasteiger partial charge in [-0.3, -0.25) is 9.21 Å². The monoisotopic (exact) mass is 604 g/mol. The molecular weight excluding hydrogens is 569 g/mol. The van der Waals surface area contributed by atoms with Crippen LogP contribution in [0.4, 0.5) is 24.7 Å². The summed E-state index contributed by atoms with van der Waals surface area (Å²) >= 11 is 7.40. The summed E-state index contributed by atoms with van der Waals surface area (Å²) in [5, 5.41) is -0.117. The number of ether oxygens (including phenoxy) is 1. The number of hydrogen-bond acceptors (Lipinski definition) is 6. The molecule has 2 saturated heterocycles. The van der Waals surface area contributed by atoms with Gasteiger partial charge >= 0.3 is 0 Å². The molecule has 2 fully saturated rings. The van der Waals surface area contributed by atoms with Crippen molar-refractivity contribution >= 4 is 35.1 Å². The average Bonchev–Trinajstić information content (AvgIpc) is 3.40. The molecule has 220 valence electrons. The molecule has 3 heterocycles. The number of anilines is 2. The molecule has 41 heavy (non-hydrogen) atoms. The van der Waals surface area contributed by atoms with E-state index in [-0.39, 0.29) is 27.8 Å². The van der Waals surface area contributed by atoms with Gasteiger partial charge in [-0.05, 0) is 81.4 Å². The summed E-state index contributed by atoms with van der Waals surface area (Å²) in [6, 6.07) is 11.5. The lowest BCUT2D eigenvalue weighted by atomic mass is 9.95. The predicted octanol–water partition coefficient (Wildman–Crippen LogP) is 7.89. The lowest BCUT2D eigenvalue weighted by Crippen LogP contribution is -2.50. The van der Waals surface area contributed by atoms with Gasteiger partial charge in [-0.25, -0.2) is 13.8 Å². The Kier molecular flexibility index (Phi) is 9.26. The van der Waals surface area contributed by atoms with Crippen molar-refractivity contribution in [2.24, 2.45) is 0 Å². The van der Waals surface area contributed by atoms with Gasteiger partial charge in [0.15, 0.2) is 5.82 Å². The largest absolute Gasteiger partial charge is 0.496 e. The first kappa shape index (κ1) is 29.9. The van der Waals surface area contributed by atoms with Crippen LogP contribution in [0.15, 0.2) is 47.4 Å². The van der Waals surface area contributed by atoms with Crippen molar-refractivity contribution in [3.05, 3.63) is 76.2 Å². The van der Waals surface area contributed by atoms with E-state index in [4.69, 9.17) is 16.3 Å². The van der Waals surface area contributed by atoms with E-state index >= 15 is 8.78 Å². The summed E-state index contributed by atoms with van der Waals surface area (Å²) in [5.74, 6) is -1.42. The van der Waals surface area contributed by atoms with E-state index in [0.717, 1.165) is 49.0 Å². The highest BCUT2D eigenvalue weighted by Crippen LogP contribution is 2.43. The second-order valence-corrected chi connectivity index (χ2v) is 12.4. The lowest BCUT2D eigenvalue weighted by Gasteiger charge is -2.41. The number of rotatable bonds is 9. The molecule has 3 aromatic rings. The van der Waals surface area contributed by atoms with Gasteiger partial charge in [0.1, 0.15) is 27.3 Å². The van der Waals surface area contributed by atoms with Crippen molar-refractivity contribution in [3.8, 4) is 5.75 Å². The molecule has 0 bridgehead atoms. The van der Waals surface area contributed by atoms with Gasteiger partial charge in [-0.2, -0.15) is 4.39 Å². The molecule has 5 rings (SSSR count). The standard InChI is InChI=1S/C31H36ClF3N4OS/c1-4-21-11-12-22(25(17-21)40-3)19-39(27-10-8-9-26(34)36-27)41-30-23(33)18-24(28(32)29(30)35)37-16-13-31(2,20-37)38-14-6-5-7-15-38/h8-12,17-18H,4-7,13-16,19-20H2,1-3H3. The summed E-state index contributed by atoms with van der Waals surface area (Å²) in [6.07, 6.45) is 5.33. The lowest BCUT2D eigenvalue weighted by molar-refractivity contribution is 0.0978. The molecule has 0 saturated carbocycles. The Morgan fingerprint density at radius 2 is 1.85 bits per heavy atom. The summed E-state index contributed by atoms with van der Waals surface area (Å²) in [5.41, 5.74) is 2.15. The van der Waals surface area contributed by atoms with Crippen molar-refractivity contribution in [2.75, 3.05) is 42.5 Å². The molecule has 0 N–H and O–H groups in total. The van der Waals surface area contributed by atoms with Crippen LogP contribution in [0.25, 0.3) is 0 Å². The van der Waals surface area contributed by atoms with Gasteiger partial charge in [0, 0.05) is 30.3 Å². The summed E-state index contributed by atoms with van der Waals surface area (Å²) in [4.78, 5) is 8.21. The van der Waals surface area contributed by atoms with Crippen LogP contribution in [-0.4, -0.2) is 48.7 Å². The van der Waals surface area contributed by atoms with Gasteiger partial charge in [0.25, 0.3) is 0 Å². The molecule has 0 aliphatic carbocycles. The second kappa shape index (κ2) is 12.7. The fraction of sp³-hybridized carbons (Fsp3) is 0.452. The zero-order chi connectivity index (χ0) is 29.1. The number of pyridine rings is 1. The summed E-state index contributed by atoms with van der Waals surface area (Å²) in [7, 11) is 1.57. The smallest absolute Gasteiger partial charge is 0.214 e. The number of piperidine rings is 1. The van der Waals surface area contributed by atoms with Crippen LogP contribution in [-0.2, 0) is 13.0 Å². The minimum atomic E-state index is -0.840. The van der Waals surface area contributed by atoms with Gasteiger partial charge in [0.2, 0.25) is 5.95 Å². The Labute approximate surface area is 249 Å². The zero-order valence-electron chi connectivity index (χ0n) is 23.7. The van der Waals surface area contributed by atoms with Crippen LogP contribution in [0.1, 0.15) is 50.7 Å². The van der Waals surface area contributed by atoms with Crippen LogP contribution in [0.5, 0.6) is 5.75 Å². The van der Waals surface area contributed by atoms with Crippen molar-refractivity contribution in [2.45, 2.75) is 62.9 Å². The maximum Gasteiger partial charge on any atom is 0.214 e. The Morgan fingerprint density at radius 3 is 2.56 bits per heavy atom. The molecule has 2 aliphatic heterocycles. The van der Waals surface area contributed by atoms with Crippen LogP contribution in [0.3, 0.4) is 0 Å². The summed E-state index contributed by atoms with van der Waals surface area (Å²) < 4.78 is 52.9. The Balaban J connectivity index is 1.44. The first-order valence-corrected chi connectivity index (χ1v) is 15.3. The Hall–Kier alpha value is -2.62. The van der Waals surface area contributed by atoms with E-state index < -0.39 is 17.6 Å². The minimum Gasteiger partial charge on any atom is -0.496 e. The molecule has 10 heteroatoms. The third-order valence-electron chi connectivity index (χ3n) is 8.24. The molecule has 1 aromatic heterocycles. The van der Waals surface area contributed by atoms with Crippen LogP contribution >= 0.6 is 23.5 Å². The molecule has 0 spiro atoms. The van der Waals surface area contributed by atoms with Crippen LogP contribution in [0, 0.1) is 17.6 Å². The maximum absolute atomic E-state index is 15.9. The van der Waals surface area contributed by atoms with Crippen molar-refractivity contribution in [1.29, 1.82) is 0 Å². The molecule has 2 aliphatic rings. The number of nitrogens with zero attached hydrogens (tertiary/aromatic N) is 4. The van der Waals surface area contributed by atoms with E-state index in [1.807, 2.05) is 30.0 Å². The number of likely N-dealkylation sites (tertiary alicyclic amines) is 1. The van der Waals surface area contributed by atoms with Gasteiger partial charge in [-0.1, -0.05) is 43.1 Å². The molecule has 0 amide bonds. The third-order valence-corrected chi connectivity index (χ3v) is 9.69. The van der Waals surface area contributed by atoms with Crippen molar-refractivity contribution in [3.63, 3.8) is 0 Å². The molecule has 1 atom stereocenters. The van der Waals surface area contributed by atoms with Gasteiger partial charge < -0.3 is 9.64 Å². The molecule has 1 unspecified atom stereocenters. The first-order chi connectivity index (χ1) is 19.7. The van der Waals surface area contributed by atoms with Gasteiger partial charge in [-0.15, -0.1) is 0 Å². The van der Waals surface area contributed by atoms with Crippen LogP contribution < -0.4 is 13.9 Å². The minimum absolute atomic E-state index is 0.0592. The normalized spacial score (nSPS) is 19.5. The number of hydrogen-bond donors (Lipinski definition) is 0. The SMILES string of the molecule is CCc1ccc(CN(Sc2c(F)cc(N3CCC(C)(N4CCCCC4)C3)c(Cl)c2F)c2cccc(F)n2)c(OC)c1. The van der Waals surface area contributed by atoms with E-state index in [1.54, 1.807) is 17.5 Å². The molecule has 2 aromatic carbocycles. The fourth-order valence-electron chi connectivity index (χ4n) is 5.82. The molecule has 5 nitrogen and oxygen atoms in total. The highest BCUT2D eigenvalue weighted by molar-refractivity contribution is 8.00. The highest BCUT2D eigenvalue weighted by atomic mass is 35.5. The first-order valence-electron chi connectivity index (χ1n) is 14.1. The van der Waals surface area contributed by atoms with Crippen molar-refractivity contribution < 1.29 is 17.9 Å². The topological polar surface area (TPSA) is 31.8 Å². The van der Waals surface area contributed by atoms with E-state index in [0.29, 0.717) is 24.5 Å². The average molecular weight is 605 g/mol. The van der Waals surface area contributed by atoms with Crippen LogP contribution in [0.2, 0.25) is 5.02 Å². The highest BCUT2D eigenvalue weighted by Gasteiger charge is 2.40. The van der Waals surface area contributed by atoms with Gasteiger partial charge in [0.05, 0.1) is 19.3 Å². The predicted molar refractivity (Wildman–Crippen MR) is 161 cm³/mol. The fourth-order valence-corrected chi connectivity index (χ4v) is 7.10. The summed E-state index contributed by atoms with van der Waals surface area (Å²) in [6.45, 7) is 7.86. The number of methoxy groups -OCH3 is 1. The number of aryl methyl sites for hydroxylation is 1. The number of benzene rings is 2. The van der Waals surface area contributed by atoms with E-state index in [2.05, 4.69) is 16.8 Å². The van der Waals surface area contributed by atoms with E-state index in [1.165, 1.54) is 37.5 Å². The quantitative estimate of drug-likeness (QED) is 0.140. The second-order valence-electron chi connectivity index (χ2n) is 11.0. The number of aromatic nitrogens is 1. The Bertz CT molecular complexity index is 1390. The van der Waals surface area contributed by atoms with E-state index in [9.17, 15) is 4.39 Å². The third kappa shape index (κ3) is 6.42. The van der Waals surface area contributed by atoms with Crippen molar-refractivity contribution in [1.82, 2.24) is 9.88 Å². The Morgan fingerprint density at radius 1 is 1.07 bits per heavy atom. The molecular formula is C31H36ClF3N4OS. The number of halogens is 4. The molecule has 0 radical (unpaired) electrons. The maximum atomic E-state index is 15.9. The zero-order valence-corrected chi connectivity index (χ0v) is 25.3.